The number of anilines is 2. The Morgan fingerprint density at radius 3 is 1.69 bits per heavy atom. The summed E-state index contributed by atoms with van der Waals surface area (Å²) < 4.78 is 3.76. The largest absolute Gasteiger partial charge is 0.327 e. The summed E-state index contributed by atoms with van der Waals surface area (Å²) in [5, 5.41) is 7.88. The topological polar surface area (TPSA) is 120 Å². The van der Waals surface area contributed by atoms with Crippen LogP contribution >= 0.6 is 46.4 Å². The van der Waals surface area contributed by atoms with E-state index < -0.39 is 0 Å². The Hall–Kier alpha value is -4.22. The third-order valence-electron chi connectivity index (χ3n) is 8.33. The molecule has 48 heavy (non-hydrogen) atoms. The van der Waals surface area contributed by atoms with E-state index in [1.807, 2.05) is 29.3 Å². The molecule has 14 heteroatoms. The van der Waals surface area contributed by atoms with Crippen LogP contribution in [-0.2, 0) is 23.7 Å². The number of nitrogens with zero attached hydrogens (tertiary/aromatic N) is 6. The minimum atomic E-state index is -0.00187. The van der Waals surface area contributed by atoms with Gasteiger partial charge in [-0.05, 0) is 62.1 Å². The molecule has 6 aromatic rings. The van der Waals surface area contributed by atoms with Gasteiger partial charge >= 0.3 is 0 Å². The van der Waals surface area contributed by atoms with Gasteiger partial charge in [-0.2, -0.15) is 0 Å². The molecule has 0 aliphatic heterocycles. The molecule has 2 amide bonds. The Morgan fingerprint density at radius 2 is 1.15 bits per heavy atom. The van der Waals surface area contributed by atoms with Crippen molar-refractivity contribution in [2.24, 2.45) is 25.9 Å². The molecule has 2 fully saturated rings. The van der Waals surface area contributed by atoms with Crippen molar-refractivity contribution in [3.63, 3.8) is 0 Å². The first-order chi connectivity index (χ1) is 23.1. The second-order valence-corrected chi connectivity index (χ2v) is 13.4. The maximum Gasteiger partial charge on any atom is 0.228 e. The van der Waals surface area contributed by atoms with Gasteiger partial charge in [0.1, 0.15) is 22.7 Å². The maximum absolute atomic E-state index is 12.1. The molecule has 0 radical (unpaired) electrons. The number of nitrogens with one attached hydrogen (secondary N) is 2. The highest BCUT2D eigenvalue weighted by molar-refractivity contribution is 6.39. The van der Waals surface area contributed by atoms with Gasteiger partial charge in [0.05, 0.1) is 42.3 Å². The number of hydrogen-bond acceptors (Lipinski definition) is 6. The third-order valence-corrected chi connectivity index (χ3v) is 9.59. The standard InChI is InChI=1S/2C17H14Cl2N4O/c1-23-12-7-8-20-15(22-17(24)9-5-6-9)14(12)21-16(23)13-10(18)3-2-4-11(13)19;1-23-14-12(7-8-20-15(14)22-17(24)9-5-6-9)21-16(23)13-10(18)3-2-4-11(13)19/h2*2-4,7-9H,5-6H2,1H3,(H,20,22,24). The fourth-order valence-electron chi connectivity index (χ4n) is 5.46. The number of rotatable bonds is 6. The molecule has 0 bridgehead atoms. The summed E-state index contributed by atoms with van der Waals surface area (Å²) in [4.78, 5) is 42.0. The number of carbonyl (C=O) groups excluding carboxylic acids is 2. The highest BCUT2D eigenvalue weighted by Gasteiger charge is 2.31. The van der Waals surface area contributed by atoms with Gasteiger partial charge in [-0.1, -0.05) is 58.5 Å². The van der Waals surface area contributed by atoms with Crippen molar-refractivity contribution in [3.05, 3.63) is 81.0 Å². The summed E-state index contributed by atoms with van der Waals surface area (Å²) in [5.74, 6) is 2.46. The van der Waals surface area contributed by atoms with Crippen molar-refractivity contribution in [1.29, 1.82) is 0 Å². The Labute approximate surface area is 295 Å². The molecular formula is C34H28Cl4N8O2. The predicted molar refractivity (Wildman–Crippen MR) is 191 cm³/mol. The van der Waals surface area contributed by atoms with E-state index in [9.17, 15) is 9.59 Å². The van der Waals surface area contributed by atoms with E-state index in [1.165, 1.54) is 0 Å². The van der Waals surface area contributed by atoms with E-state index in [1.54, 1.807) is 54.9 Å². The van der Waals surface area contributed by atoms with E-state index in [2.05, 4.69) is 30.6 Å². The van der Waals surface area contributed by atoms with Crippen LogP contribution in [0.4, 0.5) is 11.6 Å². The number of imidazole rings is 2. The lowest BCUT2D eigenvalue weighted by Gasteiger charge is -2.09. The summed E-state index contributed by atoms with van der Waals surface area (Å²) in [7, 11) is 3.75. The van der Waals surface area contributed by atoms with Crippen LogP contribution in [0.2, 0.25) is 20.1 Å². The predicted octanol–water partition coefficient (Wildman–Crippen LogP) is 8.58. The second-order valence-electron chi connectivity index (χ2n) is 11.8. The number of aromatic nitrogens is 6. The Morgan fingerprint density at radius 1 is 0.667 bits per heavy atom. The Kier molecular flexibility index (Phi) is 8.76. The smallest absolute Gasteiger partial charge is 0.228 e. The number of aryl methyl sites for hydroxylation is 2. The van der Waals surface area contributed by atoms with Crippen LogP contribution < -0.4 is 10.6 Å². The van der Waals surface area contributed by atoms with Crippen molar-refractivity contribution >= 4 is 91.9 Å². The average Bonchev–Trinajstić information content (AvgIpc) is 3.99. The molecule has 0 spiro atoms. The van der Waals surface area contributed by atoms with Crippen molar-refractivity contribution in [1.82, 2.24) is 29.1 Å². The van der Waals surface area contributed by atoms with Crippen LogP contribution in [0.3, 0.4) is 0 Å². The molecule has 2 aliphatic carbocycles. The third kappa shape index (κ3) is 6.21. The zero-order valence-corrected chi connectivity index (χ0v) is 28.8. The fraction of sp³-hybridized carbons (Fsp3) is 0.235. The van der Waals surface area contributed by atoms with Crippen LogP contribution in [0.25, 0.3) is 44.8 Å². The summed E-state index contributed by atoms with van der Waals surface area (Å²) in [6, 6.07) is 14.3. The minimum absolute atomic E-state index is 0.00187. The summed E-state index contributed by atoms with van der Waals surface area (Å²) in [6.45, 7) is 0. The van der Waals surface area contributed by atoms with Gasteiger partial charge in [-0.25, -0.2) is 19.9 Å². The summed E-state index contributed by atoms with van der Waals surface area (Å²) in [5.41, 5.74) is 4.28. The van der Waals surface area contributed by atoms with Gasteiger partial charge in [0.25, 0.3) is 0 Å². The first-order valence-corrected chi connectivity index (χ1v) is 16.8. The van der Waals surface area contributed by atoms with E-state index in [0.29, 0.717) is 60.0 Å². The molecule has 2 N–H and O–H groups in total. The molecule has 0 saturated heterocycles. The van der Waals surface area contributed by atoms with E-state index in [0.717, 1.165) is 42.2 Å². The second kappa shape index (κ2) is 13.0. The number of fused-ring (bicyclic) bond motifs is 2. The number of halogens is 4. The first-order valence-electron chi connectivity index (χ1n) is 15.3. The maximum atomic E-state index is 12.1. The molecule has 0 unspecified atom stereocenters. The van der Waals surface area contributed by atoms with Crippen LogP contribution in [0.5, 0.6) is 0 Å². The van der Waals surface area contributed by atoms with Crippen molar-refractivity contribution in [3.8, 4) is 22.8 Å². The highest BCUT2D eigenvalue weighted by atomic mass is 35.5. The molecule has 0 atom stereocenters. The lowest BCUT2D eigenvalue weighted by atomic mass is 10.2. The van der Waals surface area contributed by atoms with E-state index in [-0.39, 0.29) is 23.7 Å². The average molecular weight is 722 g/mol. The molecule has 4 heterocycles. The Balaban J connectivity index is 0.000000152. The van der Waals surface area contributed by atoms with Gasteiger partial charge in [-0.3, -0.25) is 9.59 Å². The number of carbonyl (C=O) groups is 2. The van der Waals surface area contributed by atoms with Crippen molar-refractivity contribution in [2.45, 2.75) is 25.7 Å². The van der Waals surface area contributed by atoms with Gasteiger partial charge < -0.3 is 19.8 Å². The molecule has 244 valence electrons. The van der Waals surface area contributed by atoms with Crippen LogP contribution in [0.1, 0.15) is 25.7 Å². The van der Waals surface area contributed by atoms with Crippen LogP contribution in [0.15, 0.2) is 60.9 Å². The number of hydrogen-bond donors (Lipinski definition) is 2. The Bertz CT molecular complexity index is 2150. The highest BCUT2D eigenvalue weighted by Crippen LogP contribution is 2.38. The van der Waals surface area contributed by atoms with Crippen molar-refractivity contribution < 1.29 is 9.59 Å². The quantitative estimate of drug-likeness (QED) is 0.178. The fourth-order valence-corrected chi connectivity index (χ4v) is 6.59. The minimum Gasteiger partial charge on any atom is -0.327 e. The lowest BCUT2D eigenvalue weighted by molar-refractivity contribution is -0.118. The normalized spacial score (nSPS) is 14.1. The zero-order valence-electron chi connectivity index (χ0n) is 25.8. The van der Waals surface area contributed by atoms with E-state index >= 15 is 0 Å². The van der Waals surface area contributed by atoms with E-state index in [4.69, 9.17) is 46.4 Å². The summed E-state index contributed by atoms with van der Waals surface area (Å²) in [6.07, 6.45) is 7.04. The lowest BCUT2D eigenvalue weighted by Crippen LogP contribution is -2.15. The first kappa shape index (κ1) is 32.3. The van der Waals surface area contributed by atoms with Crippen LogP contribution in [-0.4, -0.2) is 40.9 Å². The number of amides is 2. The SMILES string of the molecule is Cn1c(-c2c(Cl)cccc2Cl)nc2c(NC(=O)C3CC3)nccc21.Cn1c(-c2c(Cl)cccc2Cl)nc2ccnc(NC(=O)C3CC3)c21. The van der Waals surface area contributed by atoms with Crippen LogP contribution in [0, 0.1) is 11.8 Å². The van der Waals surface area contributed by atoms with Gasteiger partial charge in [0, 0.05) is 38.3 Å². The molecule has 10 nitrogen and oxygen atoms in total. The zero-order chi connectivity index (χ0) is 33.7. The molecule has 8 rings (SSSR count). The van der Waals surface area contributed by atoms with Gasteiger partial charge in [-0.15, -0.1) is 0 Å². The van der Waals surface area contributed by atoms with Gasteiger partial charge in [0.15, 0.2) is 11.6 Å². The molecule has 4 aromatic heterocycles. The summed E-state index contributed by atoms with van der Waals surface area (Å²) >= 11 is 25.3. The number of pyridine rings is 2. The molecular weight excluding hydrogens is 694 g/mol. The molecule has 2 aromatic carbocycles. The molecule has 2 aliphatic rings. The van der Waals surface area contributed by atoms with Gasteiger partial charge in [0.2, 0.25) is 11.8 Å². The van der Waals surface area contributed by atoms with Crippen molar-refractivity contribution in [2.75, 3.05) is 10.6 Å². The number of benzene rings is 2. The molecule has 2 saturated carbocycles. The monoisotopic (exact) mass is 720 g/mol.